The highest BCUT2D eigenvalue weighted by Crippen LogP contribution is 2.27. The molecule has 1 unspecified atom stereocenters. The first-order valence-corrected chi connectivity index (χ1v) is 6.74. The molecule has 0 aromatic heterocycles. The fourth-order valence-corrected chi connectivity index (χ4v) is 2.26. The molecule has 18 heavy (non-hydrogen) atoms. The second-order valence-electron chi connectivity index (χ2n) is 6.54. The smallest absolute Gasteiger partial charge is 0.0786 e. The first-order chi connectivity index (χ1) is 7.88. The minimum Gasteiger partial charge on any atom is -1.00 e. The van der Waals surface area contributed by atoms with Crippen molar-refractivity contribution in [1.29, 1.82) is 0 Å². The van der Waals surface area contributed by atoms with E-state index in [1.165, 1.54) is 24.9 Å². The summed E-state index contributed by atoms with van der Waals surface area (Å²) < 4.78 is 1.06. The first kappa shape index (κ1) is 17.9. The third kappa shape index (κ3) is 7.37. The van der Waals surface area contributed by atoms with Crippen molar-refractivity contribution in [3.63, 3.8) is 0 Å². The predicted octanol–water partition coefficient (Wildman–Crippen LogP) is 0.917. The molecule has 1 aromatic rings. The summed E-state index contributed by atoms with van der Waals surface area (Å²) in [5.74, 6) is 1.49. The van der Waals surface area contributed by atoms with Crippen molar-refractivity contribution in [3.05, 3.63) is 35.9 Å². The van der Waals surface area contributed by atoms with E-state index in [4.69, 9.17) is 0 Å². The second-order valence-corrected chi connectivity index (χ2v) is 6.54. The van der Waals surface area contributed by atoms with E-state index in [9.17, 15) is 0 Å². The van der Waals surface area contributed by atoms with Crippen molar-refractivity contribution < 1.29 is 28.5 Å². The zero-order valence-electron chi connectivity index (χ0n) is 12.5. The SMILES string of the molecule is CC(C)CC(CC[N+](C)(C)C)c1ccccc1.[I-]. The summed E-state index contributed by atoms with van der Waals surface area (Å²) in [7, 11) is 6.83. The summed E-state index contributed by atoms with van der Waals surface area (Å²) in [6.45, 7) is 5.88. The third-order valence-corrected chi connectivity index (χ3v) is 3.18. The lowest BCUT2D eigenvalue weighted by atomic mass is 9.87. The van der Waals surface area contributed by atoms with Gasteiger partial charge in [-0.1, -0.05) is 44.2 Å². The number of halogens is 1. The van der Waals surface area contributed by atoms with Crippen molar-refractivity contribution in [1.82, 2.24) is 0 Å². The van der Waals surface area contributed by atoms with E-state index in [0.717, 1.165) is 10.4 Å². The third-order valence-electron chi connectivity index (χ3n) is 3.18. The standard InChI is InChI=1S/C16H28N.HI/c1-14(2)13-16(11-12-17(3,4)5)15-9-7-6-8-10-15;/h6-10,14,16H,11-13H2,1-5H3;1H/q+1;/p-1. The Morgan fingerprint density at radius 1 is 1.00 bits per heavy atom. The van der Waals surface area contributed by atoms with Crippen LogP contribution in [-0.2, 0) is 0 Å². The van der Waals surface area contributed by atoms with Gasteiger partial charge in [-0.05, 0) is 23.8 Å². The van der Waals surface area contributed by atoms with Crippen LogP contribution in [0.3, 0.4) is 0 Å². The van der Waals surface area contributed by atoms with Gasteiger partial charge in [-0.15, -0.1) is 0 Å². The van der Waals surface area contributed by atoms with Crippen molar-refractivity contribution in [3.8, 4) is 0 Å². The zero-order valence-corrected chi connectivity index (χ0v) is 14.6. The van der Waals surface area contributed by atoms with E-state index >= 15 is 0 Å². The molecule has 0 saturated heterocycles. The molecule has 1 aromatic carbocycles. The monoisotopic (exact) mass is 361 g/mol. The zero-order chi connectivity index (χ0) is 12.9. The van der Waals surface area contributed by atoms with Crippen molar-refractivity contribution >= 4 is 0 Å². The largest absolute Gasteiger partial charge is 1.00 e. The Morgan fingerprint density at radius 3 is 2.00 bits per heavy atom. The Morgan fingerprint density at radius 2 is 1.56 bits per heavy atom. The normalized spacial score (nSPS) is 13.2. The lowest BCUT2D eigenvalue weighted by Gasteiger charge is -2.27. The van der Waals surface area contributed by atoms with E-state index in [2.05, 4.69) is 65.3 Å². The van der Waals surface area contributed by atoms with Gasteiger partial charge in [0.15, 0.2) is 0 Å². The van der Waals surface area contributed by atoms with Gasteiger partial charge in [0.1, 0.15) is 0 Å². The van der Waals surface area contributed by atoms with Gasteiger partial charge < -0.3 is 28.5 Å². The summed E-state index contributed by atoms with van der Waals surface area (Å²) in [5, 5.41) is 0. The number of hydrogen-bond acceptors (Lipinski definition) is 0. The number of benzene rings is 1. The molecule has 0 fully saturated rings. The van der Waals surface area contributed by atoms with Crippen LogP contribution in [0.1, 0.15) is 38.2 Å². The fraction of sp³-hybridized carbons (Fsp3) is 0.625. The molecule has 0 heterocycles. The molecule has 0 aliphatic carbocycles. The lowest BCUT2D eigenvalue weighted by molar-refractivity contribution is -0.870. The van der Waals surface area contributed by atoms with Crippen LogP contribution >= 0.6 is 0 Å². The highest BCUT2D eigenvalue weighted by Gasteiger charge is 2.17. The van der Waals surface area contributed by atoms with Gasteiger partial charge in [0.2, 0.25) is 0 Å². The summed E-state index contributed by atoms with van der Waals surface area (Å²) in [5.41, 5.74) is 1.51. The highest BCUT2D eigenvalue weighted by molar-refractivity contribution is 5.19. The van der Waals surface area contributed by atoms with E-state index in [1.54, 1.807) is 0 Å². The van der Waals surface area contributed by atoms with E-state index < -0.39 is 0 Å². The van der Waals surface area contributed by atoms with Crippen molar-refractivity contribution in [2.75, 3.05) is 27.7 Å². The molecule has 104 valence electrons. The molecular formula is C16H28IN. The molecule has 0 aliphatic heterocycles. The summed E-state index contributed by atoms with van der Waals surface area (Å²) in [4.78, 5) is 0. The van der Waals surface area contributed by atoms with Gasteiger partial charge in [-0.2, -0.15) is 0 Å². The molecule has 0 aliphatic rings. The lowest BCUT2D eigenvalue weighted by Crippen LogP contribution is -3.00. The Hall–Kier alpha value is -0.0900. The number of nitrogens with zero attached hydrogens (tertiary/aromatic N) is 1. The van der Waals surface area contributed by atoms with E-state index in [0.29, 0.717) is 5.92 Å². The molecular weight excluding hydrogens is 333 g/mol. The van der Waals surface area contributed by atoms with Crippen LogP contribution in [0.15, 0.2) is 30.3 Å². The first-order valence-electron chi connectivity index (χ1n) is 6.74. The minimum atomic E-state index is 0. The molecule has 2 heteroatoms. The highest BCUT2D eigenvalue weighted by atomic mass is 127. The number of quaternary nitrogens is 1. The molecule has 0 N–H and O–H groups in total. The summed E-state index contributed by atoms with van der Waals surface area (Å²) >= 11 is 0. The molecule has 0 radical (unpaired) electrons. The molecule has 0 spiro atoms. The van der Waals surface area contributed by atoms with Crippen LogP contribution in [0, 0.1) is 5.92 Å². The predicted molar refractivity (Wildman–Crippen MR) is 76.2 cm³/mol. The maximum Gasteiger partial charge on any atom is 0.0786 e. The van der Waals surface area contributed by atoms with Gasteiger partial charge >= 0.3 is 0 Å². The molecule has 0 amide bonds. The van der Waals surface area contributed by atoms with Gasteiger partial charge in [0.05, 0.1) is 27.7 Å². The summed E-state index contributed by atoms with van der Waals surface area (Å²) in [6, 6.07) is 11.0. The quantitative estimate of drug-likeness (QED) is 0.522. The molecule has 0 bridgehead atoms. The van der Waals surface area contributed by atoms with Gasteiger partial charge in [0.25, 0.3) is 0 Å². The Labute approximate surface area is 130 Å². The maximum atomic E-state index is 2.32. The van der Waals surface area contributed by atoms with E-state index in [1.807, 2.05) is 0 Å². The van der Waals surface area contributed by atoms with Crippen molar-refractivity contribution in [2.45, 2.75) is 32.6 Å². The van der Waals surface area contributed by atoms with Crippen LogP contribution in [0.5, 0.6) is 0 Å². The number of rotatable bonds is 6. The van der Waals surface area contributed by atoms with Gasteiger partial charge in [0, 0.05) is 6.42 Å². The van der Waals surface area contributed by atoms with Gasteiger partial charge in [-0.25, -0.2) is 0 Å². The molecule has 1 rings (SSSR count). The van der Waals surface area contributed by atoms with Crippen molar-refractivity contribution in [2.24, 2.45) is 5.92 Å². The van der Waals surface area contributed by atoms with E-state index in [-0.39, 0.29) is 24.0 Å². The summed E-state index contributed by atoms with van der Waals surface area (Å²) in [6.07, 6.45) is 2.58. The van der Waals surface area contributed by atoms with Crippen LogP contribution in [-0.4, -0.2) is 32.2 Å². The molecule has 1 nitrogen and oxygen atoms in total. The number of hydrogen-bond donors (Lipinski definition) is 0. The second kappa shape index (κ2) is 8.16. The Kier molecular flexibility index (Phi) is 8.11. The average Bonchev–Trinajstić information content (AvgIpc) is 2.24. The topological polar surface area (TPSA) is 0 Å². The molecule has 1 atom stereocenters. The molecule has 0 saturated carbocycles. The Bertz CT molecular complexity index is 314. The Balaban J connectivity index is 0.00000289. The van der Waals surface area contributed by atoms with Crippen LogP contribution in [0.2, 0.25) is 0 Å². The van der Waals surface area contributed by atoms with Crippen LogP contribution < -0.4 is 24.0 Å². The fourth-order valence-electron chi connectivity index (χ4n) is 2.26. The minimum absolute atomic E-state index is 0. The van der Waals surface area contributed by atoms with Crippen LogP contribution in [0.25, 0.3) is 0 Å². The average molecular weight is 361 g/mol. The maximum absolute atomic E-state index is 2.32. The van der Waals surface area contributed by atoms with Gasteiger partial charge in [-0.3, -0.25) is 0 Å². The van der Waals surface area contributed by atoms with Crippen LogP contribution in [0.4, 0.5) is 0 Å².